The van der Waals surface area contributed by atoms with Gasteiger partial charge in [0.25, 0.3) is 0 Å². The SMILES string of the molecule is CCOCC=O.CNCCO. The first-order valence-electron chi connectivity index (χ1n) is 3.60. The van der Waals surface area contributed by atoms with E-state index in [1.807, 2.05) is 6.92 Å². The van der Waals surface area contributed by atoms with Gasteiger partial charge in [-0.2, -0.15) is 0 Å². The largest absolute Gasteiger partial charge is 0.395 e. The normalized spacial score (nSPS) is 8.27. The first-order chi connectivity index (χ1) is 5.33. The number of aliphatic hydroxyl groups is 1. The maximum absolute atomic E-state index is 9.44. The summed E-state index contributed by atoms with van der Waals surface area (Å²) in [5.74, 6) is 0. The Labute approximate surface area is 67.6 Å². The van der Waals surface area contributed by atoms with Gasteiger partial charge in [-0.1, -0.05) is 0 Å². The van der Waals surface area contributed by atoms with Crippen LogP contribution < -0.4 is 5.32 Å². The molecule has 0 aliphatic heterocycles. The van der Waals surface area contributed by atoms with Gasteiger partial charge in [0.05, 0.1) is 6.61 Å². The van der Waals surface area contributed by atoms with Crippen LogP contribution in [0.3, 0.4) is 0 Å². The van der Waals surface area contributed by atoms with Crippen LogP contribution in [-0.2, 0) is 9.53 Å². The Hall–Kier alpha value is -0.450. The molecule has 0 saturated carbocycles. The first-order valence-corrected chi connectivity index (χ1v) is 3.60. The second-order valence-corrected chi connectivity index (χ2v) is 1.65. The highest BCUT2D eigenvalue weighted by Crippen LogP contribution is 1.63. The number of aliphatic hydroxyl groups excluding tert-OH is 1. The highest BCUT2D eigenvalue weighted by molar-refractivity contribution is 5.50. The van der Waals surface area contributed by atoms with Crippen LogP contribution in [0.1, 0.15) is 6.92 Å². The molecule has 4 heteroatoms. The average Bonchev–Trinajstić information content (AvgIpc) is 2.04. The van der Waals surface area contributed by atoms with Crippen LogP contribution in [-0.4, -0.2) is 44.8 Å². The molecule has 0 radical (unpaired) electrons. The van der Waals surface area contributed by atoms with Crippen molar-refractivity contribution in [2.45, 2.75) is 6.92 Å². The third-order valence-electron chi connectivity index (χ3n) is 0.752. The molecular weight excluding hydrogens is 146 g/mol. The molecule has 0 aliphatic rings. The van der Waals surface area contributed by atoms with Crippen LogP contribution >= 0.6 is 0 Å². The number of ether oxygens (including phenoxy) is 1. The molecule has 0 atom stereocenters. The molecule has 0 heterocycles. The number of carbonyl (C=O) groups is 1. The molecule has 2 N–H and O–H groups in total. The van der Waals surface area contributed by atoms with E-state index in [9.17, 15) is 4.79 Å². The maximum atomic E-state index is 9.44. The van der Waals surface area contributed by atoms with Crippen LogP contribution in [0.4, 0.5) is 0 Å². The molecule has 0 unspecified atom stereocenters. The van der Waals surface area contributed by atoms with Crippen LogP contribution in [0.25, 0.3) is 0 Å². The van der Waals surface area contributed by atoms with Gasteiger partial charge in [0.2, 0.25) is 0 Å². The van der Waals surface area contributed by atoms with E-state index in [0.717, 1.165) is 6.29 Å². The molecule has 0 fully saturated rings. The van der Waals surface area contributed by atoms with Gasteiger partial charge in [-0.3, -0.25) is 0 Å². The summed E-state index contributed by atoms with van der Waals surface area (Å²) >= 11 is 0. The van der Waals surface area contributed by atoms with Crippen LogP contribution in [0, 0.1) is 0 Å². The molecule has 68 valence electrons. The fourth-order valence-corrected chi connectivity index (χ4v) is 0.278. The van der Waals surface area contributed by atoms with Crippen molar-refractivity contribution >= 4 is 6.29 Å². The molecular formula is C7H17NO3. The van der Waals surface area contributed by atoms with Gasteiger partial charge in [-0.25, -0.2) is 0 Å². The topological polar surface area (TPSA) is 58.6 Å². The highest BCUT2D eigenvalue weighted by Gasteiger charge is 1.71. The van der Waals surface area contributed by atoms with Crippen LogP contribution in [0.2, 0.25) is 0 Å². The second kappa shape index (κ2) is 16.3. The van der Waals surface area contributed by atoms with Crippen molar-refractivity contribution in [3.63, 3.8) is 0 Å². The van der Waals surface area contributed by atoms with Gasteiger partial charge in [0, 0.05) is 13.2 Å². The Balaban J connectivity index is 0. The smallest absolute Gasteiger partial charge is 0.145 e. The number of aldehydes is 1. The number of carbonyl (C=O) groups excluding carboxylic acids is 1. The monoisotopic (exact) mass is 163 g/mol. The van der Waals surface area contributed by atoms with E-state index in [2.05, 4.69) is 10.1 Å². The van der Waals surface area contributed by atoms with E-state index >= 15 is 0 Å². The first kappa shape index (κ1) is 13.2. The summed E-state index contributed by atoms with van der Waals surface area (Å²) in [6.07, 6.45) is 0.740. The van der Waals surface area contributed by atoms with Gasteiger partial charge in [0.15, 0.2) is 0 Å². The summed E-state index contributed by atoms with van der Waals surface area (Å²) in [7, 11) is 1.80. The number of hydrogen-bond acceptors (Lipinski definition) is 4. The average molecular weight is 163 g/mol. The Kier molecular flexibility index (Phi) is 19.5. The molecule has 0 bridgehead atoms. The summed E-state index contributed by atoms with van der Waals surface area (Å²) in [4.78, 5) is 9.44. The lowest BCUT2D eigenvalue weighted by molar-refractivity contribution is -0.111. The molecule has 0 aromatic rings. The molecule has 0 amide bonds. The fourth-order valence-electron chi connectivity index (χ4n) is 0.278. The molecule has 0 saturated heterocycles. The minimum absolute atomic E-state index is 0.233. The van der Waals surface area contributed by atoms with Crippen molar-refractivity contribution in [1.29, 1.82) is 0 Å². The van der Waals surface area contributed by atoms with Crippen molar-refractivity contribution in [3.8, 4) is 0 Å². The van der Waals surface area contributed by atoms with Gasteiger partial charge in [-0.15, -0.1) is 0 Å². The Morgan fingerprint density at radius 3 is 2.36 bits per heavy atom. The van der Waals surface area contributed by atoms with Crippen molar-refractivity contribution in [3.05, 3.63) is 0 Å². The van der Waals surface area contributed by atoms with Crippen molar-refractivity contribution in [2.75, 3.05) is 33.4 Å². The van der Waals surface area contributed by atoms with E-state index in [1.54, 1.807) is 7.05 Å². The number of hydrogen-bond donors (Lipinski definition) is 2. The molecule has 0 rings (SSSR count). The highest BCUT2D eigenvalue weighted by atomic mass is 16.5. The van der Waals surface area contributed by atoms with E-state index in [4.69, 9.17) is 5.11 Å². The van der Waals surface area contributed by atoms with E-state index in [-0.39, 0.29) is 13.2 Å². The third-order valence-corrected chi connectivity index (χ3v) is 0.752. The zero-order valence-corrected chi connectivity index (χ0v) is 7.17. The van der Waals surface area contributed by atoms with Gasteiger partial charge < -0.3 is 20.0 Å². The summed E-state index contributed by atoms with van der Waals surface area (Å²) in [5, 5.41) is 10.8. The zero-order chi connectivity index (χ0) is 8.95. The van der Waals surface area contributed by atoms with E-state index in [0.29, 0.717) is 13.2 Å². The summed E-state index contributed by atoms with van der Waals surface area (Å²) < 4.78 is 4.61. The number of nitrogens with one attached hydrogen (secondary N) is 1. The Morgan fingerprint density at radius 1 is 1.64 bits per heavy atom. The molecule has 0 aromatic heterocycles. The minimum atomic E-state index is 0.233. The van der Waals surface area contributed by atoms with Crippen molar-refractivity contribution in [1.82, 2.24) is 5.32 Å². The second-order valence-electron chi connectivity index (χ2n) is 1.65. The molecule has 0 aliphatic carbocycles. The molecule has 0 spiro atoms. The van der Waals surface area contributed by atoms with Gasteiger partial charge in [0.1, 0.15) is 12.9 Å². The molecule has 0 aromatic carbocycles. The third kappa shape index (κ3) is 26.3. The van der Waals surface area contributed by atoms with Crippen LogP contribution in [0.15, 0.2) is 0 Å². The lowest BCUT2D eigenvalue weighted by Crippen LogP contribution is -2.10. The fraction of sp³-hybridized carbons (Fsp3) is 0.857. The van der Waals surface area contributed by atoms with Crippen LogP contribution in [0.5, 0.6) is 0 Å². The Morgan fingerprint density at radius 2 is 2.27 bits per heavy atom. The summed E-state index contributed by atoms with van der Waals surface area (Å²) in [6.45, 7) is 3.63. The minimum Gasteiger partial charge on any atom is -0.395 e. The van der Waals surface area contributed by atoms with Crippen molar-refractivity contribution < 1.29 is 14.6 Å². The predicted molar refractivity (Wildman–Crippen MR) is 43.6 cm³/mol. The number of rotatable bonds is 5. The van der Waals surface area contributed by atoms with Gasteiger partial charge >= 0.3 is 0 Å². The zero-order valence-electron chi connectivity index (χ0n) is 7.17. The lowest BCUT2D eigenvalue weighted by Gasteiger charge is -1.85. The molecule has 11 heavy (non-hydrogen) atoms. The van der Waals surface area contributed by atoms with E-state index < -0.39 is 0 Å². The van der Waals surface area contributed by atoms with E-state index in [1.165, 1.54) is 0 Å². The predicted octanol–water partition coefficient (Wildman–Crippen LogP) is -0.580. The number of likely N-dealkylation sites (N-methyl/N-ethyl adjacent to an activating group) is 1. The Bertz CT molecular complexity index is 66.7. The quantitative estimate of drug-likeness (QED) is 0.420. The van der Waals surface area contributed by atoms with Crippen molar-refractivity contribution in [2.24, 2.45) is 0 Å². The van der Waals surface area contributed by atoms with Gasteiger partial charge in [-0.05, 0) is 14.0 Å². The maximum Gasteiger partial charge on any atom is 0.145 e. The lowest BCUT2D eigenvalue weighted by atomic mass is 10.7. The summed E-state index contributed by atoms with van der Waals surface area (Å²) in [5.41, 5.74) is 0. The standard InChI is InChI=1S/C4H8O2.C3H9NO/c1-2-6-4-3-5;1-4-2-3-5/h3H,2,4H2,1H3;4-5H,2-3H2,1H3. The summed E-state index contributed by atoms with van der Waals surface area (Å²) in [6, 6.07) is 0. The molecule has 4 nitrogen and oxygen atoms in total.